The van der Waals surface area contributed by atoms with Crippen molar-refractivity contribution in [2.24, 2.45) is 0 Å². The number of rotatable bonds is 3. The Morgan fingerprint density at radius 2 is 2.14 bits per heavy atom. The van der Waals surface area contributed by atoms with Crippen LogP contribution in [0.5, 0.6) is 0 Å². The van der Waals surface area contributed by atoms with Crippen LogP contribution in [0.3, 0.4) is 0 Å². The first-order valence-corrected chi connectivity index (χ1v) is 5.89. The average Bonchev–Trinajstić information content (AvgIpc) is 2.18. The summed E-state index contributed by atoms with van der Waals surface area (Å²) in [7, 11) is -3.67. The minimum atomic E-state index is -3.67. The maximum absolute atomic E-state index is 11.4. The fraction of sp³-hybridized carbons (Fsp3) is 0.250. The molecule has 1 rings (SSSR count). The molecule has 1 aromatic carbocycles. The molecular weight excluding hydrogens is 224 g/mol. The second kappa shape index (κ2) is 4.16. The van der Waals surface area contributed by atoms with Crippen molar-refractivity contribution in [2.75, 3.05) is 5.73 Å². The number of hydrogen-bond donors (Lipinski definition) is 2. The van der Waals surface area contributed by atoms with E-state index in [9.17, 15) is 8.42 Å². The van der Waals surface area contributed by atoms with Crippen LogP contribution in [-0.2, 0) is 16.4 Å². The van der Waals surface area contributed by atoms with Gasteiger partial charge < -0.3 is 5.73 Å². The smallest absolute Gasteiger partial charge is 0.255 e. The SMILES string of the molecule is CCc1cccc(S(=O)(=O)NCl)c1N. The first-order valence-electron chi connectivity index (χ1n) is 4.02. The Balaban J connectivity index is 3.37. The third kappa shape index (κ3) is 2.00. The van der Waals surface area contributed by atoms with Gasteiger partial charge >= 0.3 is 0 Å². The van der Waals surface area contributed by atoms with Crippen LogP contribution in [0.2, 0.25) is 0 Å². The lowest BCUT2D eigenvalue weighted by molar-refractivity contribution is 0.594. The van der Waals surface area contributed by atoms with Gasteiger partial charge in [0.15, 0.2) is 0 Å². The van der Waals surface area contributed by atoms with Gasteiger partial charge in [-0.3, -0.25) is 0 Å². The maximum Gasteiger partial charge on any atom is 0.255 e. The van der Waals surface area contributed by atoms with E-state index >= 15 is 0 Å². The third-order valence-corrected chi connectivity index (χ3v) is 3.68. The van der Waals surface area contributed by atoms with E-state index < -0.39 is 10.0 Å². The predicted octanol–water partition coefficient (Wildman–Crippen LogP) is 1.26. The Morgan fingerprint density at radius 1 is 1.50 bits per heavy atom. The number of aryl methyl sites for hydroxylation is 1. The molecule has 0 saturated heterocycles. The van der Waals surface area contributed by atoms with Gasteiger partial charge in [-0.05, 0) is 29.8 Å². The second-order valence-electron chi connectivity index (χ2n) is 2.76. The number of benzene rings is 1. The number of anilines is 1. The molecule has 0 aliphatic heterocycles. The summed E-state index contributed by atoms with van der Waals surface area (Å²) < 4.78 is 24.4. The van der Waals surface area contributed by atoms with Crippen LogP contribution in [-0.4, -0.2) is 8.42 Å². The first-order chi connectivity index (χ1) is 6.53. The Morgan fingerprint density at radius 3 is 2.64 bits per heavy atom. The van der Waals surface area contributed by atoms with Gasteiger partial charge in [0.05, 0.1) is 5.69 Å². The van der Waals surface area contributed by atoms with E-state index in [0.717, 1.165) is 5.56 Å². The molecule has 0 unspecified atom stereocenters. The van der Waals surface area contributed by atoms with Crippen molar-refractivity contribution in [3.05, 3.63) is 23.8 Å². The Labute approximate surface area is 88.2 Å². The molecule has 0 amide bonds. The summed E-state index contributed by atoms with van der Waals surface area (Å²) in [6, 6.07) is 4.83. The van der Waals surface area contributed by atoms with Crippen LogP contribution in [0.15, 0.2) is 23.1 Å². The number of nitrogens with two attached hydrogens (primary N) is 1. The van der Waals surface area contributed by atoms with E-state index in [1.54, 1.807) is 16.4 Å². The van der Waals surface area contributed by atoms with E-state index in [2.05, 4.69) is 0 Å². The topological polar surface area (TPSA) is 72.2 Å². The van der Waals surface area contributed by atoms with Crippen LogP contribution in [0.4, 0.5) is 5.69 Å². The van der Waals surface area contributed by atoms with Gasteiger partial charge in [-0.15, -0.1) is 4.24 Å². The van der Waals surface area contributed by atoms with Crippen LogP contribution in [0.25, 0.3) is 0 Å². The molecule has 0 spiro atoms. The van der Waals surface area contributed by atoms with E-state index in [0.29, 0.717) is 6.42 Å². The summed E-state index contributed by atoms with van der Waals surface area (Å²) in [5, 5.41) is 0. The zero-order chi connectivity index (χ0) is 10.8. The molecule has 0 aliphatic rings. The minimum absolute atomic E-state index is 0.0202. The molecule has 0 heterocycles. The molecule has 0 fully saturated rings. The highest BCUT2D eigenvalue weighted by Gasteiger charge is 2.17. The van der Waals surface area contributed by atoms with Gasteiger partial charge in [-0.2, -0.15) is 0 Å². The molecule has 6 heteroatoms. The standard InChI is InChI=1S/C8H11ClN2O2S/c1-2-6-4-3-5-7(8(6)10)14(12,13)11-9/h3-5,11H,2,10H2,1H3. The Bertz CT molecular complexity index is 431. The van der Waals surface area contributed by atoms with E-state index in [4.69, 9.17) is 17.5 Å². The minimum Gasteiger partial charge on any atom is -0.397 e. The maximum atomic E-state index is 11.4. The van der Waals surface area contributed by atoms with Gasteiger partial charge in [0.1, 0.15) is 4.90 Å². The van der Waals surface area contributed by atoms with Crippen LogP contribution >= 0.6 is 11.8 Å². The van der Waals surface area contributed by atoms with E-state index in [1.165, 1.54) is 6.07 Å². The number of para-hydroxylation sites is 1. The van der Waals surface area contributed by atoms with Crippen molar-refractivity contribution in [1.82, 2.24) is 4.24 Å². The number of nitrogens with one attached hydrogen (secondary N) is 1. The van der Waals surface area contributed by atoms with Crippen LogP contribution in [0.1, 0.15) is 12.5 Å². The number of nitrogen functional groups attached to an aromatic ring is 1. The molecular formula is C8H11ClN2O2S. The fourth-order valence-corrected chi connectivity index (χ4v) is 2.18. The van der Waals surface area contributed by atoms with Crippen molar-refractivity contribution >= 4 is 27.5 Å². The van der Waals surface area contributed by atoms with E-state index in [-0.39, 0.29) is 10.6 Å². The summed E-state index contributed by atoms with van der Waals surface area (Å²) >= 11 is 5.10. The van der Waals surface area contributed by atoms with Crippen molar-refractivity contribution in [3.63, 3.8) is 0 Å². The van der Waals surface area contributed by atoms with Gasteiger partial charge in [-0.1, -0.05) is 19.1 Å². The molecule has 0 radical (unpaired) electrons. The molecule has 0 bridgehead atoms. The molecule has 0 atom stereocenters. The van der Waals surface area contributed by atoms with E-state index in [1.807, 2.05) is 6.92 Å². The lowest BCUT2D eigenvalue weighted by Crippen LogP contribution is -2.16. The zero-order valence-electron chi connectivity index (χ0n) is 7.62. The molecule has 0 saturated carbocycles. The lowest BCUT2D eigenvalue weighted by Gasteiger charge is -2.08. The largest absolute Gasteiger partial charge is 0.397 e. The second-order valence-corrected chi connectivity index (χ2v) is 4.83. The highest BCUT2D eigenvalue weighted by atomic mass is 35.5. The van der Waals surface area contributed by atoms with Crippen LogP contribution in [0, 0.1) is 0 Å². The average molecular weight is 235 g/mol. The number of hydrogen-bond acceptors (Lipinski definition) is 3. The van der Waals surface area contributed by atoms with Gasteiger partial charge in [0.2, 0.25) is 0 Å². The Kier molecular flexibility index (Phi) is 3.36. The summed E-state index contributed by atoms with van der Waals surface area (Å²) in [5.74, 6) is 0. The summed E-state index contributed by atoms with van der Waals surface area (Å²) in [5.41, 5.74) is 6.72. The fourth-order valence-electron chi connectivity index (χ4n) is 1.17. The zero-order valence-corrected chi connectivity index (χ0v) is 9.19. The van der Waals surface area contributed by atoms with Crippen molar-refractivity contribution in [2.45, 2.75) is 18.2 Å². The highest BCUT2D eigenvalue weighted by molar-refractivity contribution is 7.90. The highest BCUT2D eigenvalue weighted by Crippen LogP contribution is 2.22. The van der Waals surface area contributed by atoms with Gasteiger partial charge in [-0.25, -0.2) is 8.42 Å². The van der Waals surface area contributed by atoms with Gasteiger partial charge in [0, 0.05) is 0 Å². The summed E-state index contributed by atoms with van der Waals surface area (Å²) in [6.45, 7) is 1.90. The van der Waals surface area contributed by atoms with Crippen LogP contribution < -0.4 is 9.97 Å². The molecule has 4 nitrogen and oxygen atoms in total. The van der Waals surface area contributed by atoms with Crippen molar-refractivity contribution in [3.8, 4) is 0 Å². The molecule has 0 aliphatic carbocycles. The van der Waals surface area contributed by atoms with Crippen molar-refractivity contribution in [1.29, 1.82) is 0 Å². The van der Waals surface area contributed by atoms with Crippen molar-refractivity contribution < 1.29 is 8.42 Å². The first kappa shape index (κ1) is 11.3. The molecule has 78 valence electrons. The molecule has 14 heavy (non-hydrogen) atoms. The molecule has 3 N–H and O–H groups in total. The van der Waals surface area contributed by atoms with Gasteiger partial charge in [0.25, 0.3) is 10.0 Å². The Hall–Kier alpha value is -0.780. The predicted molar refractivity (Wildman–Crippen MR) is 56.4 cm³/mol. The monoisotopic (exact) mass is 234 g/mol. The molecule has 1 aromatic rings. The summed E-state index contributed by atoms with van der Waals surface area (Å²) in [4.78, 5) is 0.0202. The third-order valence-electron chi connectivity index (χ3n) is 1.93. The number of sulfonamides is 1. The number of halogens is 1. The quantitative estimate of drug-likeness (QED) is 0.611. The normalized spacial score (nSPS) is 11.6. The summed E-state index contributed by atoms with van der Waals surface area (Å²) in [6.07, 6.45) is 0.678. The molecule has 0 aromatic heterocycles. The lowest BCUT2D eigenvalue weighted by atomic mass is 10.1.